The van der Waals surface area contributed by atoms with Crippen molar-refractivity contribution >= 4 is 17.8 Å². The molecule has 0 fully saturated rings. The number of hydrogen-bond acceptors (Lipinski definition) is 6. The normalized spacial score (nSPS) is 10.4. The van der Waals surface area contributed by atoms with Crippen LogP contribution in [0, 0.1) is 0 Å². The molecule has 0 bridgehead atoms. The maximum absolute atomic E-state index is 11.8. The highest BCUT2D eigenvalue weighted by molar-refractivity contribution is 5.94. The van der Waals surface area contributed by atoms with Crippen molar-refractivity contribution in [2.24, 2.45) is 0 Å². The molecule has 0 radical (unpaired) electrons. The summed E-state index contributed by atoms with van der Waals surface area (Å²) >= 11 is 0. The smallest absolute Gasteiger partial charge is 0.251 e. The lowest BCUT2D eigenvalue weighted by atomic mass is 10.2. The maximum Gasteiger partial charge on any atom is 0.251 e. The maximum atomic E-state index is 11.8. The van der Waals surface area contributed by atoms with Gasteiger partial charge in [0.05, 0.1) is 12.3 Å². The molecule has 106 valence electrons. The second kappa shape index (κ2) is 6.02. The molecule has 0 spiro atoms. The van der Waals surface area contributed by atoms with Gasteiger partial charge >= 0.3 is 0 Å². The van der Waals surface area contributed by atoms with E-state index in [0.29, 0.717) is 24.4 Å². The van der Waals surface area contributed by atoms with E-state index < -0.39 is 0 Å². The molecule has 1 aromatic carbocycles. The molecule has 0 unspecified atom stereocenters. The van der Waals surface area contributed by atoms with Crippen molar-refractivity contribution in [2.75, 3.05) is 31.7 Å². The Morgan fingerprint density at radius 3 is 2.60 bits per heavy atom. The molecule has 0 aliphatic carbocycles. The number of methoxy groups -OCH3 is 1. The van der Waals surface area contributed by atoms with Crippen LogP contribution in [-0.4, -0.2) is 40.9 Å². The van der Waals surface area contributed by atoms with E-state index in [9.17, 15) is 4.79 Å². The molecular formula is C12H16N6O2. The second-order valence-electron chi connectivity index (χ2n) is 4.04. The van der Waals surface area contributed by atoms with E-state index in [0.717, 1.165) is 0 Å². The average Bonchev–Trinajstić information content (AvgIpc) is 2.78. The minimum absolute atomic E-state index is 0.101. The van der Waals surface area contributed by atoms with Crippen molar-refractivity contribution in [1.82, 2.24) is 20.1 Å². The minimum atomic E-state index is -0.167. The van der Waals surface area contributed by atoms with Crippen LogP contribution >= 0.6 is 0 Å². The summed E-state index contributed by atoms with van der Waals surface area (Å²) in [5.41, 5.74) is 12.4. The van der Waals surface area contributed by atoms with Crippen molar-refractivity contribution in [3.63, 3.8) is 0 Å². The molecule has 8 heteroatoms. The van der Waals surface area contributed by atoms with Crippen LogP contribution in [-0.2, 0) is 4.74 Å². The SMILES string of the molecule is COCCNC(=O)c1ccc(-n2nc(N)nc2N)cc1. The number of nitrogens with two attached hydrogens (primary N) is 2. The van der Waals surface area contributed by atoms with E-state index in [-0.39, 0.29) is 17.8 Å². The number of nitrogens with zero attached hydrogens (tertiary/aromatic N) is 3. The number of hydrogen-bond donors (Lipinski definition) is 3. The van der Waals surface area contributed by atoms with Gasteiger partial charge in [-0.3, -0.25) is 4.79 Å². The van der Waals surface area contributed by atoms with Crippen LogP contribution in [0.2, 0.25) is 0 Å². The fourth-order valence-electron chi connectivity index (χ4n) is 1.65. The number of anilines is 2. The first-order valence-electron chi connectivity index (χ1n) is 5.97. The Morgan fingerprint density at radius 2 is 2.05 bits per heavy atom. The van der Waals surface area contributed by atoms with E-state index in [4.69, 9.17) is 16.2 Å². The molecule has 0 atom stereocenters. The van der Waals surface area contributed by atoms with Gasteiger partial charge in [0.25, 0.3) is 5.91 Å². The van der Waals surface area contributed by atoms with Crippen LogP contribution in [0.4, 0.5) is 11.9 Å². The number of amides is 1. The third-order valence-electron chi connectivity index (χ3n) is 2.61. The highest BCUT2D eigenvalue weighted by Gasteiger charge is 2.08. The minimum Gasteiger partial charge on any atom is -0.383 e. The quantitative estimate of drug-likeness (QED) is 0.651. The Bertz CT molecular complexity index is 592. The van der Waals surface area contributed by atoms with Crippen LogP contribution in [0.3, 0.4) is 0 Å². The lowest BCUT2D eigenvalue weighted by Crippen LogP contribution is -2.26. The number of carbonyl (C=O) groups excluding carboxylic acids is 1. The first-order chi connectivity index (χ1) is 9.61. The van der Waals surface area contributed by atoms with Crippen molar-refractivity contribution in [3.05, 3.63) is 29.8 Å². The average molecular weight is 276 g/mol. The molecule has 1 aromatic heterocycles. The lowest BCUT2D eigenvalue weighted by Gasteiger charge is -2.06. The highest BCUT2D eigenvalue weighted by atomic mass is 16.5. The standard InChI is InChI=1S/C12H16N6O2/c1-20-7-6-15-10(19)8-2-4-9(5-3-8)18-12(14)16-11(13)17-18/h2-5H,6-7H2,1H3,(H,15,19)(H4,13,14,16,17). The Morgan fingerprint density at radius 1 is 1.35 bits per heavy atom. The number of carbonyl (C=O) groups is 1. The molecule has 0 saturated carbocycles. The molecule has 8 nitrogen and oxygen atoms in total. The van der Waals surface area contributed by atoms with Gasteiger partial charge in [0.15, 0.2) is 0 Å². The molecule has 0 aliphatic heterocycles. The van der Waals surface area contributed by atoms with Gasteiger partial charge in [-0.25, -0.2) is 0 Å². The van der Waals surface area contributed by atoms with Crippen molar-refractivity contribution in [3.8, 4) is 5.69 Å². The molecule has 1 amide bonds. The fraction of sp³-hybridized carbons (Fsp3) is 0.250. The molecule has 0 saturated heterocycles. The van der Waals surface area contributed by atoms with Gasteiger partial charge in [0.2, 0.25) is 11.9 Å². The third-order valence-corrected chi connectivity index (χ3v) is 2.61. The summed E-state index contributed by atoms with van der Waals surface area (Å²) in [6, 6.07) is 6.79. The first-order valence-corrected chi connectivity index (χ1v) is 5.97. The summed E-state index contributed by atoms with van der Waals surface area (Å²) in [5, 5.41) is 6.69. The number of rotatable bonds is 5. The summed E-state index contributed by atoms with van der Waals surface area (Å²) < 4.78 is 6.27. The third kappa shape index (κ3) is 3.04. The van der Waals surface area contributed by atoms with Gasteiger partial charge in [0, 0.05) is 19.2 Å². The molecule has 20 heavy (non-hydrogen) atoms. The topological polar surface area (TPSA) is 121 Å². The zero-order valence-corrected chi connectivity index (χ0v) is 11.0. The van der Waals surface area contributed by atoms with Crippen molar-refractivity contribution < 1.29 is 9.53 Å². The number of nitrogen functional groups attached to an aromatic ring is 2. The van der Waals surface area contributed by atoms with Crippen LogP contribution in [0.5, 0.6) is 0 Å². The fourth-order valence-corrected chi connectivity index (χ4v) is 1.65. The largest absolute Gasteiger partial charge is 0.383 e. The van der Waals surface area contributed by atoms with Crippen molar-refractivity contribution in [1.29, 1.82) is 0 Å². The first kappa shape index (κ1) is 13.8. The molecule has 2 aromatic rings. The predicted octanol–water partition coefficient (Wildman–Crippen LogP) is -0.192. The Balaban J connectivity index is 2.10. The van der Waals surface area contributed by atoms with E-state index >= 15 is 0 Å². The van der Waals surface area contributed by atoms with Gasteiger partial charge in [-0.2, -0.15) is 9.67 Å². The molecule has 2 rings (SSSR count). The molecular weight excluding hydrogens is 260 g/mol. The summed E-state index contributed by atoms with van der Waals surface area (Å²) in [7, 11) is 1.58. The van der Waals surface area contributed by atoms with Gasteiger partial charge in [-0.1, -0.05) is 0 Å². The second-order valence-corrected chi connectivity index (χ2v) is 4.04. The zero-order chi connectivity index (χ0) is 14.5. The monoisotopic (exact) mass is 276 g/mol. The van der Waals surface area contributed by atoms with Gasteiger partial charge in [0.1, 0.15) is 0 Å². The Kier molecular flexibility index (Phi) is 4.16. The van der Waals surface area contributed by atoms with Gasteiger partial charge in [-0.05, 0) is 24.3 Å². The Labute approximate surface area is 115 Å². The number of nitrogens with one attached hydrogen (secondary N) is 1. The van der Waals surface area contributed by atoms with E-state index in [2.05, 4.69) is 15.4 Å². The Hall–Kier alpha value is -2.61. The molecule has 0 aliphatic rings. The lowest BCUT2D eigenvalue weighted by molar-refractivity contribution is 0.0937. The van der Waals surface area contributed by atoms with Crippen LogP contribution < -0.4 is 16.8 Å². The molecule has 5 N–H and O–H groups in total. The number of aromatic nitrogens is 3. The zero-order valence-electron chi connectivity index (χ0n) is 11.0. The number of benzene rings is 1. The van der Waals surface area contributed by atoms with Crippen LogP contribution in [0.1, 0.15) is 10.4 Å². The van der Waals surface area contributed by atoms with Gasteiger partial charge in [-0.15, -0.1) is 5.10 Å². The molecule has 1 heterocycles. The van der Waals surface area contributed by atoms with E-state index in [1.807, 2.05) is 0 Å². The van der Waals surface area contributed by atoms with Gasteiger partial charge < -0.3 is 21.5 Å². The van der Waals surface area contributed by atoms with Crippen molar-refractivity contribution in [2.45, 2.75) is 0 Å². The van der Waals surface area contributed by atoms with E-state index in [1.165, 1.54) is 4.68 Å². The van der Waals surface area contributed by atoms with E-state index in [1.54, 1.807) is 31.4 Å². The highest BCUT2D eigenvalue weighted by Crippen LogP contribution is 2.13. The summed E-state index contributed by atoms with van der Waals surface area (Å²) in [6.45, 7) is 0.933. The predicted molar refractivity (Wildman–Crippen MR) is 74.4 cm³/mol. The summed E-state index contributed by atoms with van der Waals surface area (Å²) in [6.07, 6.45) is 0. The summed E-state index contributed by atoms with van der Waals surface area (Å²) in [4.78, 5) is 15.6. The number of ether oxygens (including phenoxy) is 1. The van der Waals surface area contributed by atoms with Crippen LogP contribution in [0.15, 0.2) is 24.3 Å². The van der Waals surface area contributed by atoms with Crippen LogP contribution in [0.25, 0.3) is 5.69 Å². The summed E-state index contributed by atoms with van der Waals surface area (Å²) in [5.74, 6) is 0.128.